The molecule has 332 valence electrons. The molecule has 9 rings (SSSR count). The maximum absolute atomic E-state index is 11.9. The van der Waals surface area contributed by atoms with Crippen molar-refractivity contribution in [1.29, 1.82) is 0 Å². The molecule has 0 unspecified atom stereocenters. The number of carbonyl (C=O) groups excluding carboxylic acids is 2. The third kappa shape index (κ3) is 7.82. The van der Waals surface area contributed by atoms with Crippen LogP contribution in [0, 0.1) is 42.4 Å². The van der Waals surface area contributed by atoms with Gasteiger partial charge in [0.15, 0.2) is 5.78 Å². The number of rotatable bonds is 6. The first-order chi connectivity index (χ1) is 29.2. The molecule has 3 aromatic rings. The molecule has 0 aromatic carbocycles. The fourth-order valence-corrected chi connectivity index (χ4v) is 13.0. The Morgan fingerprint density at radius 1 is 0.677 bits per heavy atom. The van der Waals surface area contributed by atoms with Gasteiger partial charge in [0.2, 0.25) is 0 Å². The van der Waals surface area contributed by atoms with E-state index in [1.54, 1.807) is 0 Å². The summed E-state index contributed by atoms with van der Waals surface area (Å²) in [4.78, 5) is 41.5. The van der Waals surface area contributed by atoms with E-state index in [0.717, 1.165) is 109 Å². The SMILES string of the molecule is CCC(=O)O[C@H]1CC[C@H]2[C@@H]3CCC4=CC(=O)CC[C@]4(C)[C@H]3CC[C@]12C.CCC1=C(C)c2cc3[nH]c(cc4nc(cc5[nH]c(cc1n2)c(C)c5CC)C(CC)=C4C)c(C)c3CC.[SnH4]. The van der Waals surface area contributed by atoms with Gasteiger partial charge < -0.3 is 14.7 Å². The molecule has 3 aromatic heterocycles. The fraction of sp³-hybridized carbons (Fsp3) is 0.556. The fourth-order valence-electron chi connectivity index (χ4n) is 13.0. The molecule has 8 heteroatoms. The summed E-state index contributed by atoms with van der Waals surface area (Å²) in [6, 6.07) is 8.98. The number of nitrogens with zero attached hydrogens (tertiary/aromatic N) is 2. The second-order valence-corrected chi connectivity index (χ2v) is 19.5. The number of H-pyrrole nitrogens is 2. The van der Waals surface area contributed by atoms with Crippen LogP contribution in [0.1, 0.15) is 178 Å². The van der Waals surface area contributed by atoms with Crippen LogP contribution in [0.2, 0.25) is 0 Å². The van der Waals surface area contributed by atoms with Crippen LogP contribution in [0.3, 0.4) is 0 Å². The summed E-state index contributed by atoms with van der Waals surface area (Å²) in [5.74, 6) is 2.41. The van der Waals surface area contributed by atoms with Crippen molar-refractivity contribution in [2.75, 3.05) is 0 Å². The van der Waals surface area contributed by atoms with E-state index < -0.39 is 0 Å². The summed E-state index contributed by atoms with van der Waals surface area (Å²) in [6.45, 7) is 24.5. The van der Waals surface area contributed by atoms with Crippen molar-refractivity contribution < 1.29 is 14.3 Å². The van der Waals surface area contributed by atoms with Crippen LogP contribution in [0.25, 0.3) is 44.4 Å². The third-order valence-corrected chi connectivity index (χ3v) is 16.7. The number of ether oxygens (including phenoxy) is 1. The number of aromatic amines is 2. The monoisotopic (exact) mass is 946 g/mol. The van der Waals surface area contributed by atoms with Gasteiger partial charge in [0, 0.05) is 40.3 Å². The Balaban J connectivity index is 0.000000195. The molecule has 3 fully saturated rings. The van der Waals surface area contributed by atoms with E-state index in [1.165, 1.54) is 69.4 Å². The van der Waals surface area contributed by atoms with Crippen molar-refractivity contribution in [1.82, 2.24) is 19.9 Å². The first-order valence-corrected chi connectivity index (χ1v) is 23.8. The molecule has 0 amide bonds. The first kappa shape index (κ1) is 46.3. The number of allylic oxidation sites excluding steroid dienone is 5. The van der Waals surface area contributed by atoms with Crippen molar-refractivity contribution >= 4 is 80.0 Å². The summed E-state index contributed by atoms with van der Waals surface area (Å²) in [7, 11) is 0. The zero-order chi connectivity index (χ0) is 43.5. The van der Waals surface area contributed by atoms with Crippen molar-refractivity contribution in [2.45, 2.75) is 166 Å². The van der Waals surface area contributed by atoms with Gasteiger partial charge in [-0.15, -0.1) is 0 Å². The van der Waals surface area contributed by atoms with Gasteiger partial charge in [-0.2, -0.15) is 0 Å². The second-order valence-electron chi connectivity index (χ2n) is 19.5. The van der Waals surface area contributed by atoms with Gasteiger partial charge in [-0.3, -0.25) is 9.59 Å². The molecule has 0 spiro atoms. The van der Waals surface area contributed by atoms with Crippen LogP contribution in [-0.2, 0) is 27.2 Å². The molecular formula is C54H74N4O3Sn. The number of ketones is 1. The summed E-state index contributed by atoms with van der Waals surface area (Å²) in [5.41, 5.74) is 21.1. The van der Waals surface area contributed by atoms with E-state index in [4.69, 9.17) is 14.7 Å². The molecule has 2 aliphatic heterocycles. The Morgan fingerprint density at radius 3 is 1.74 bits per heavy atom. The normalized spacial score (nSPS) is 26.5. The Kier molecular flexibility index (Phi) is 13.5. The quantitative estimate of drug-likeness (QED) is 0.189. The van der Waals surface area contributed by atoms with Gasteiger partial charge in [-0.1, -0.05) is 54.0 Å². The zero-order valence-corrected chi connectivity index (χ0v) is 39.0. The maximum atomic E-state index is 11.9. The number of nitrogens with one attached hydrogen (secondary N) is 2. The molecule has 6 aliphatic rings. The van der Waals surface area contributed by atoms with E-state index in [0.29, 0.717) is 24.0 Å². The number of fused-ring (bicyclic) bond motifs is 13. The Hall–Kier alpha value is -3.72. The molecule has 5 heterocycles. The zero-order valence-electron chi connectivity index (χ0n) is 39.0. The van der Waals surface area contributed by atoms with E-state index in [2.05, 4.69) is 103 Å². The van der Waals surface area contributed by atoms with Crippen LogP contribution in [0.4, 0.5) is 0 Å². The number of esters is 1. The number of hydrogen-bond acceptors (Lipinski definition) is 5. The molecule has 62 heavy (non-hydrogen) atoms. The van der Waals surface area contributed by atoms with Crippen molar-refractivity contribution in [3.8, 4) is 0 Å². The summed E-state index contributed by atoms with van der Waals surface area (Å²) < 4.78 is 5.86. The Bertz CT molecular complexity index is 2550. The van der Waals surface area contributed by atoms with Gasteiger partial charge >= 0.3 is 29.9 Å². The van der Waals surface area contributed by atoms with Crippen LogP contribution >= 0.6 is 0 Å². The van der Waals surface area contributed by atoms with Gasteiger partial charge in [0.25, 0.3) is 0 Å². The molecule has 8 bridgehead atoms. The number of carbonyl (C=O) groups is 2. The molecule has 0 radical (unpaired) electrons. The first-order valence-electron chi connectivity index (χ1n) is 23.8. The summed E-state index contributed by atoms with van der Waals surface area (Å²) in [6.07, 6.45) is 15.1. The molecule has 2 N–H and O–H groups in total. The van der Waals surface area contributed by atoms with Gasteiger partial charge in [0.1, 0.15) is 6.10 Å². The Morgan fingerprint density at radius 2 is 1.21 bits per heavy atom. The van der Waals surface area contributed by atoms with Crippen molar-refractivity contribution in [2.24, 2.45) is 28.6 Å². The van der Waals surface area contributed by atoms with Crippen LogP contribution in [-0.4, -0.2) is 61.7 Å². The molecule has 3 saturated carbocycles. The predicted molar refractivity (Wildman–Crippen MR) is 263 cm³/mol. The van der Waals surface area contributed by atoms with Gasteiger partial charge in [-0.25, -0.2) is 9.97 Å². The topological polar surface area (TPSA) is 101 Å². The van der Waals surface area contributed by atoms with E-state index in [1.807, 2.05) is 13.0 Å². The number of aromatic nitrogens is 4. The standard InChI is InChI=1S/C32H38N4.C22H32O3.Sn.4H/c1-9-21-17(5)25-13-26-18(6)23(11-3)31(34-26)16-32-24(12-4)20(8)28(36-32)15-30-22(10-2)19(7)27(35-30)14-29(21)33-25;1-4-20(24)25-19-8-7-17-16-6-5-14-13-15(23)9-11-21(14,2)18(16)10-12-22(17,19)3;;;;;/h13-16,33,36H,9-12H2,1-8H3;13,16-19H,4-12H2,1-3H3;;;;;/t;16-,17-,18-,19-,21-,22-;;;;;/m.0...../s1. The average Bonchev–Trinajstić information content (AvgIpc) is 3.99. The molecule has 7 nitrogen and oxygen atoms in total. The van der Waals surface area contributed by atoms with E-state index in [-0.39, 0.29) is 46.8 Å². The van der Waals surface area contributed by atoms with Crippen molar-refractivity contribution in [3.63, 3.8) is 0 Å². The van der Waals surface area contributed by atoms with E-state index >= 15 is 0 Å². The van der Waals surface area contributed by atoms with Gasteiger partial charge in [-0.05, 0) is 196 Å². The second kappa shape index (κ2) is 18.0. The molecule has 0 saturated heterocycles. The molecular weight excluding hydrogens is 871 g/mol. The minimum atomic E-state index is -0.0411. The average molecular weight is 946 g/mol. The van der Waals surface area contributed by atoms with Crippen molar-refractivity contribution in [3.05, 3.63) is 80.9 Å². The molecule has 4 aliphatic carbocycles. The van der Waals surface area contributed by atoms with Gasteiger partial charge in [0.05, 0.1) is 22.8 Å². The summed E-state index contributed by atoms with van der Waals surface area (Å²) in [5, 5.41) is 0. The number of hydrogen-bond donors (Lipinski definition) is 2. The van der Waals surface area contributed by atoms with Crippen LogP contribution in [0.5, 0.6) is 0 Å². The minimum absolute atomic E-state index is 0. The van der Waals surface area contributed by atoms with Crippen LogP contribution < -0.4 is 0 Å². The number of aryl methyl sites for hydroxylation is 4. The Labute approximate surface area is 387 Å². The summed E-state index contributed by atoms with van der Waals surface area (Å²) >= 11 is 0. The van der Waals surface area contributed by atoms with Crippen LogP contribution in [0.15, 0.2) is 35.9 Å². The predicted octanol–water partition coefficient (Wildman–Crippen LogP) is 12.1. The third-order valence-electron chi connectivity index (χ3n) is 16.7. The van der Waals surface area contributed by atoms with E-state index in [9.17, 15) is 9.59 Å². The molecule has 6 atom stereocenters.